The summed E-state index contributed by atoms with van der Waals surface area (Å²) in [4.78, 5) is 13.5. The highest BCUT2D eigenvalue weighted by atomic mass is 16.2. The third-order valence-electron chi connectivity index (χ3n) is 2.12. The molecule has 0 bridgehead atoms. The fourth-order valence-corrected chi connectivity index (χ4v) is 1.41. The van der Waals surface area contributed by atoms with E-state index < -0.39 is 0 Å². The molecular weight excluding hydrogens is 168 g/mol. The Hall–Kier alpha value is -1.36. The molecule has 2 heterocycles. The van der Waals surface area contributed by atoms with Crippen LogP contribution in [0.4, 0.5) is 0 Å². The molecule has 0 atom stereocenters. The van der Waals surface area contributed by atoms with E-state index in [1.54, 1.807) is 12.3 Å². The zero-order valence-corrected chi connectivity index (χ0v) is 7.29. The molecule has 2 rings (SSSR count). The predicted molar refractivity (Wildman–Crippen MR) is 47.4 cm³/mol. The van der Waals surface area contributed by atoms with Crippen molar-refractivity contribution in [3.63, 3.8) is 0 Å². The SMILES string of the molecule is O=C(c1cc[nH]n1)N1CCNCC1. The molecule has 70 valence electrons. The molecular formula is C8H12N4O. The van der Waals surface area contributed by atoms with Crippen molar-refractivity contribution in [1.29, 1.82) is 0 Å². The third-order valence-corrected chi connectivity index (χ3v) is 2.12. The van der Waals surface area contributed by atoms with Gasteiger partial charge in [-0.1, -0.05) is 0 Å². The van der Waals surface area contributed by atoms with Crippen LogP contribution in [-0.4, -0.2) is 47.2 Å². The van der Waals surface area contributed by atoms with E-state index >= 15 is 0 Å². The third kappa shape index (κ3) is 1.70. The average molecular weight is 180 g/mol. The van der Waals surface area contributed by atoms with Gasteiger partial charge < -0.3 is 10.2 Å². The fraction of sp³-hybridized carbons (Fsp3) is 0.500. The Morgan fingerprint density at radius 2 is 2.23 bits per heavy atom. The Balaban J connectivity index is 2.04. The molecule has 1 saturated heterocycles. The molecule has 1 aliphatic rings. The van der Waals surface area contributed by atoms with Gasteiger partial charge in [0.25, 0.3) is 5.91 Å². The van der Waals surface area contributed by atoms with Gasteiger partial charge >= 0.3 is 0 Å². The topological polar surface area (TPSA) is 61.0 Å². The van der Waals surface area contributed by atoms with Gasteiger partial charge in [0, 0.05) is 32.4 Å². The van der Waals surface area contributed by atoms with Crippen LogP contribution in [0.1, 0.15) is 10.5 Å². The van der Waals surface area contributed by atoms with Crippen LogP contribution in [-0.2, 0) is 0 Å². The van der Waals surface area contributed by atoms with Gasteiger partial charge in [-0.3, -0.25) is 9.89 Å². The zero-order valence-electron chi connectivity index (χ0n) is 7.29. The molecule has 2 N–H and O–H groups in total. The number of carbonyl (C=O) groups is 1. The summed E-state index contributed by atoms with van der Waals surface area (Å²) in [6.45, 7) is 3.28. The van der Waals surface area contributed by atoms with Crippen LogP contribution in [0, 0.1) is 0 Å². The van der Waals surface area contributed by atoms with Gasteiger partial charge in [0.1, 0.15) is 5.69 Å². The molecule has 1 aromatic heterocycles. The van der Waals surface area contributed by atoms with Crippen molar-refractivity contribution in [3.8, 4) is 0 Å². The average Bonchev–Trinajstić information content (AvgIpc) is 2.71. The Morgan fingerprint density at radius 1 is 1.46 bits per heavy atom. The first kappa shape index (κ1) is 8.25. The van der Waals surface area contributed by atoms with Gasteiger partial charge in [-0.15, -0.1) is 0 Å². The van der Waals surface area contributed by atoms with Crippen molar-refractivity contribution in [2.75, 3.05) is 26.2 Å². The lowest BCUT2D eigenvalue weighted by molar-refractivity contribution is 0.0730. The Bertz CT molecular complexity index is 276. The van der Waals surface area contributed by atoms with Crippen LogP contribution < -0.4 is 5.32 Å². The molecule has 5 heteroatoms. The van der Waals surface area contributed by atoms with Gasteiger partial charge in [-0.25, -0.2) is 0 Å². The summed E-state index contributed by atoms with van der Waals surface area (Å²) >= 11 is 0. The molecule has 0 unspecified atom stereocenters. The number of carbonyl (C=O) groups excluding carboxylic acids is 1. The molecule has 0 aliphatic carbocycles. The highest BCUT2D eigenvalue weighted by Crippen LogP contribution is 2.01. The number of H-pyrrole nitrogens is 1. The number of rotatable bonds is 1. The molecule has 5 nitrogen and oxygen atoms in total. The lowest BCUT2D eigenvalue weighted by atomic mass is 10.3. The Labute approximate surface area is 76.1 Å². The van der Waals surface area contributed by atoms with E-state index in [4.69, 9.17) is 0 Å². The monoisotopic (exact) mass is 180 g/mol. The second kappa shape index (κ2) is 3.57. The summed E-state index contributed by atoms with van der Waals surface area (Å²) in [5, 5.41) is 9.68. The first-order valence-electron chi connectivity index (χ1n) is 4.38. The summed E-state index contributed by atoms with van der Waals surface area (Å²) in [5.74, 6) is 0.0164. The molecule has 13 heavy (non-hydrogen) atoms. The first-order valence-corrected chi connectivity index (χ1v) is 4.38. The first-order chi connectivity index (χ1) is 6.38. The highest BCUT2D eigenvalue weighted by Gasteiger charge is 2.18. The highest BCUT2D eigenvalue weighted by molar-refractivity contribution is 5.92. The molecule has 0 saturated carbocycles. The van der Waals surface area contributed by atoms with E-state index in [1.807, 2.05) is 4.90 Å². The van der Waals surface area contributed by atoms with Crippen molar-refractivity contribution in [2.24, 2.45) is 0 Å². The quantitative estimate of drug-likeness (QED) is 0.610. The number of nitrogens with zero attached hydrogens (tertiary/aromatic N) is 2. The molecule has 1 fully saturated rings. The standard InChI is InChI=1S/C8H12N4O/c13-8(7-1-2-10-11-7)12-5-3-9-4-6-12/h1-2,9H,3-6H2,(H,10,11). The van der Waals surface area contributed by atoms with Crippen LogP contribution in [0.15, 0.2) is 12.3 Å². The minimum absolute atomic E-state index is 0.0164. The maximum Gasteiger partial charge on any atom is 0.274 e. The number of hydrogen-bond acceptors (Lipinski definition) is 3. The molecule has 1 aliphatic heterocycles. The van der Waals surface area contributed by atoms with E-state index in [0.717, 1.165) is 26.2 Å². The second-order valence-corrected chi connectivity index (χ2v) is 3.00. The summed E-state index contributed by atoms with van der Waals surface area (Å²) in [6, 6.07) is 1.70. The summed E-state index contributed by atoms with van der Waals surface area (Å²) < 4.78 is 0. The summed E-state index contributed by atoms with van der Waals surface area (Å²) in [5.41, 5.74) is 0.502. The fourth-order valence-electron chi connectivity index (χ4n) is 1.41. The largest absolute Gasteiger partial charge is 0.335 e. The van der Waals surface area contributed by atoms with E-state index in [1.165, 1.54) is 0 Å². The maximum absolute atomic E-state index is 11.7. The van der Waals surface area contributed by atoms with Crippen molar-refractivity contribution in [2.45, 2.75) is 0 Å². The number of hydrogen-bond donors (Lipinski definition) is 2. The molecule has 1 aromatic rings. The predicted octanol–water partition coefficient (Wildman–Crippen LogP) is -0.545. The van der Waals surface area contributed by atoms with Gasteiger partial charge in [-0.05, 0) is 6.07 Å². The van der Waals surface area contributed by atoms with E-state index in [2.05, 4.69) is 15.5 Å². The zero-order chi connectivity index (χ0) is 9.10. The van der Waals surface area contributed by atoms with Crippen molar-refractivity contribution >= 4 is 5.91 Å². The van der Waals surface area contributed by atoms with Crippen molar-refractivity contribution < 1.29 is 4.79 Å². The van der Waals surface area contributed by atoms with Crippen LogP contribution in [0.3, 0.4) is 0 Å². The second-order valence-electron chi connectivity index (χ2n) is 3.00. The number of nitrogens with one attached hydrogen (secondary N) is 2. The lowest BCUT2D eigenvalue weighted by Crippen LogP contribution is -2.46. The van der Waals surface area contributed by atoms with Gasteiger partial charge in [0.2, 0.25) is 0 Å². The van der Waals surface area contributed by atoms with Crippen LogP contribution in [0.25, 0.3) is 0 Å². The smallest absolute Gasteiger partial charge is 0.274 e. The van der Waals surface area contributed by atoms with Crippen molar-refractivity contribution in [3.05, 3.63) is 18.0 Å². The maximum atomic E-state index is 11.7. The Morgan fingerprint density at radius 3 is 2.85 bits per heavy atom. The Kier molecular flexibility index (Phi) is 2.27. The number of aromatic amines is 1. The van der Waals surface area contributed by atoms with Crippen LogP contribution in [0.2, 0.25) is 0 Å². The minimum Gasteiger partial charge on any atom is -0.335 e. The summed E-state index contributed by atoms with van der Waals surface area (Å²) in [7, 11) is 0. The summed E-state index contributed by atoms with van der Waals surface area (Å²) in [6.07, 6.45) is 1.66. The minimum atomic E-state index is 0.0164. The molecule has 0 aromatic carbocycles. The lowest BCUT2D eigenvalue weighted by Gasteiger charge is -2.26. The van der Waals surface area contributed by atoms with E-state index in [-0.39, 0.29) is 5.91 Å². The van der Waals surface area contributed by atoms with Gasteiger partial charge in [0.15, 0.2) is 0 Å². The van der Waals surface area contributed by atoms with E-state index in [9.17, 15) is 4.79 Å². The normalized spacial score (nSPS) is 17.4. The molecule has 1 amide bonds. The van der Waals surface area contributed by atoms with Gasteiger partial charge in [-0.2, -0.15) is 5.10 Å². The molecule has 0 radical (unpaired) electrons. The number of aromatic nitrogens is 2. The van der Waals surface area contributed by atoms with Crippen LogP contribution in [0.5, 0.6) is 0 Å². The van der Waals surface area contributed by atoms with Gasteiger partial charge in [0.05, 0.1) is 0 Å². The molecule has 0 spiro atoms. The van der Waals surface area contributed by atoms with Crippen LogP contribution >= 0.6 is 0 Å². The van der Waals surface area contributed by atoms with Crippen molar-refractivity contribution in [1.82, 2.24) is 20.4 Å². The van der Waals surface area contributed by atoms with E-state index in [0.29, 0.717) is 5.69 Å². The number of amides is 1. The number of piperazine rings is 1.